The van der Waals surface area contributed by atoms with Crippen LogP contribution in [0.5, 0.6) is 0 Å². The molecule has 0 saturated carbocycles. The van der Waals surface area contributed by atoms with E-state index in [1.54, 1.807) is 0 Å². The van der Waals surface area contributed by atoms with E-state index >= 15 is 0 Å². The Balaban J connectivity index is 2.79. The first-order valence-corrected chi connectivity index (χ1v) is 5.83. The number of benzene rings is 1. The predicted molar refractivity (Wildman–Crippen MR) is 53.5 cm³/mol. The third-order valence-electron chi connectivity index (χ3n) is 1.44. The van der Waals surface area contributed by atoms with E-state index in [9.17, 15) is 4.21 Å². The van der Waals surface area contributed by atoms with E-state index in [2.05, 4.69) is 15.9 Å². The summed E-state index contributed by atoms with van der Waals surface area (Å²) in [4.78, 5) is 0. The van der Waals surface area contributed by atoms with Gasteiger partial charge in [-0.3, -0.25) is 0 Å². The van der Waals surface area contributed by atoms with Crippen molar-refractivity contribution in [1.82, 2.24) is 0 Å². The molecule has 1 unspecified atom stereocenters. The summed E-state index contributed by atoms with van der Waals surface area (Å²) in [6.07, 6.45) is 0. The highest BCUT2D eigenvalue weighted by Crippen LogP contribution is 2.09. The SMILES string of the molecule is O=S(O)Cc1cccc(CBr)c1. The molecule has 12 heavy (non-hydrogen) atoms. The third kappa shape index (κ3) is 3.05. The molecule has 4 heteroatoms. The lowest BCUT2D eigenvalue weighted by molar-refractivity contribution is 0.563. The Kier molecular flexibility index (Phi) is 3.91. The quantitative estimate of drug-likeness (QED) is 0.659. The molecule has 0 spiro atoms. The molecule has 0 aliphatic rings. The molecule has 0 radical (unpaired) electrons. The lowest BCUT2D eigenvalue weighted by Gasteiger charge is -1.99. The van der Waals surface area contributed by atoms with Gasteiger partial charge in [0.05, 0.1) is 5.75 Å². The average Bonchev–Trinajstić information content (AvgIpc) is 2.03. The zero-order valence-electron chi connectivity index (χ0n) is 6.37. The van der Waals surface area contributed by atoms with E-state index in [1.165, 1.54) is 0 Å². The van der Waals surface area contributed by atoms with Gasteiger partial charge in [-0.2, -0.15) is 0 Å². The molecule has 0 aromatic heterocycles. The molecule has 0 amide bonds. The molecule has 1 atom stereocenters. The van der Waals surface area contributed by atoms with E-state index in [4.69, 9.17) is 4.55 Å². The van der Waals surface area contributed by atoms with Crippen molar-refractivity contribution >= 4 is 27.0 Å². The Morgan fingerprint density at radius 1 is 1.42 bits per heavy atom. The molecule has 0 bridgehead atoms. The van der Waals surface area contributed by atoms with Crippen LogP contribution in [0.3, 0.4) is 0 Å². The van der Waals surface area contributed by atoms with Gasteiger partial charge in [-0.1, -0.05) is 40.2 Å². The van der Waals surface area contributed by atoms with Crippen molar-refractivity contribution in [1.29, 1.82) is 0 Å². The van der Waals surface area contributed by atoms with Crippen LogP contribution < -0.4 is 0 Å². The molecule has 1 aromatic rings. The molecule has 1 N–H and O–H groups in total. The van der Waals surface area contributed by atoms with Crippen LogP contribution in [0.2, 0.25) is 0 Å². The maximum atomic E-state index is 10.5. The van der Waals surface area contributed by atoms with Gasteiger partial charge in [0, 0.05) is 5.33 Å². The summed E-state index contributed by atoms with van der Waals surface area (Å²) in [6.45, 7) is 0. The topological polar surface area (TPSA) is 37.3 Å². The van der Waals surface area contributed by atoms with Crippen molar-refractivity contribution in [3.63, 3.8) is 0 Å². The first-order valence-electron chi connectivity index (χ1n) is 3.43. The molecule has 0 aliphatic carbocycles. The molecule has 1 rings (SSSR count). The van der Waals surface area contributed by atoms with E-state index in [1.807, 2.05) is 24.3 Å². The minimum absolute atomic E-state index is 0.209. The summed E-state index contributed by atoms with van der Waals surface area (Å²) in [6, 6.07) is 7.63. The number of alkyl halides is 1. The highest BCUT2D eigenvalue weighted by atomic mass is 79.9. The van der Waals surface area contributed by atoms with Crippen LogP contribution in [0, 0.1) is 0 Å². The maximum absolute atomic E-state index is 10.5. The van der Waals surface area contributed by atoms with Crippen molar-refractivity contribution in [2.75, 3.05) is 0 Å². The van der Waals surface area contributed by atoms with E-state index in [0.717, 1.165) is 16.5 Å². The van der Waals surface area contributed by atoms with Crippen LogP contribution in [0.25, 0.3) is 0 Å². The normalized spacial score (nSPS) is 12.8. The van der Waals surface area contributed by atoms with Crippen LogP contribution in [0.1, 0.15) is 11.1 Å². The first-order chi connectivity index (χ1) is 5.72. The minimum Gasteiger partial charge on any atom is -0.306 e. The monoisotopic (exact) mass is 248 g/mol. The Morgan fingerprint density at radius 2 is 2.08 bits per heavy atom. The Labute approximate surface area is 82.4 Å². The fourth-order valence-corrected chi connectivity index (χ4v) is 1.76. The lowest BCUT2D eigenvalue weighted by Crippen LogP contribution is -1.93. The van der Waals surface area contributed by atoms with Crippen LogP contribution in [0.15, 0.2) is 24.3 Å². The smallest absolute Gasteiger partial charge is 0.157 e. The molecule has 1 aromatic carbocycles. The van der Waals surface area contributed by atoms with Crippen LogP contribution in [-0.4, -0.2) is 8.76 Å². The summed E-state index contributed by atoms with van der Waals surface area (Å²) >= 11 is 1.58. The van der Waals surface area contributed by atoms with E-state index < -0.39 is 11.1 Å². The lowest BCUT2D eigenvalue weighted by atomic mass is 10.2. The zero-order chi connectivity index (χ0) is 8.97. The highest BCUT2D eigenvalue weighted by Gasteiger charge is 1.98. The van der Waals surface area contributed by atoms with Gasteiger partial charge in [0.15, 0.2) is 11.1 Å². The van der Waals surface area contributed by atoms with E-state index in [-0.39, 0.29) is 5.75 Å². The van der Waals surface area contributed by atoms with Gasteiger partial charge in [-0.05, 0) is 11.1 Å². The van der Waals surface area contributed by atoms with Gasteiger partial charge in [-0.15, -0.1) is 0 Å². The van der Waals surface area contributed by atoms with Gasteiger partial charge in [0.25, 0.3) is 0 Å². The molecule has 0 fully saturated rings. The summed E-state index contributed by atoms with van der Waals surface area (Å²) in [5.41, 5.74) is 2.02. The molecular formula is C8H9BrO2S. The fraction of sp³-hybridized carbons (Fsp3) is 0.250. The molecule has 66 valence electrons. The van der Waals surface area contributed by atoms with Gasteiger partial charge in [0.2, 0.25) is 0 Å². The maximum Gasteiger partial charge on any atom is 0.157 e. The van der Waals surface area contributed by atoms with Crippen molar-refractivity contribution in [3.8, 4) is 0 Å². The van der Waals surface area contributed by atoms with Crippen LogP contribution in [-0.2, 0) is 22.2 Å². The number of rotatable bonds is 3. The summed E-state index contributed by atoms with van der Waals surface area (Å²) in [7, 11) is 0. The summed E-state index contributed by atoms with van der Waals surface area (Å²) < 4.78 is 19.1. The van der Waals surface area contributed by atoms with Crippen molar-refractivity contribution in [2.45, 2.75) is 11.1 Å². The summed E-state index contributed by atoms with van der Waals surface area (Å²) in [5.74, 6) is 0.209. The molecule has 2 nitrogen and oxygen atoms in total. The molecular weight excluding hydrogens is 240 g/mol. The second-order valence-electron chi connectivity index (χ2n) is 2.42. The van der Waals surface area contributed by atoms with Gasteiger partial charge >= 0.3 is 0 Å². The third-order valence-corrected chi connectivity index (χ3v) is 2.66. The zero-order valence-corrected chi connectivity index (χ0v) is 8.77. The van der Waals surface area contributed by atoms with Crippen LogP contribution >= 0.6 is 15.9 Å². The highest BCUT2D eigenvalue weighted by molar-refractivity contribution is 9.08. The Bertz CT molecular complexity index is 288. The van der Waals surface area contributed by atoms with Gasteiger partial charge in [0.1, 0.15) is 0 Å². The van der Waals surface area contributed by atoms with Crippen molar-refractivity contribution in [2.24, 2.45) is 0 Å². The predicted octanol–water partition coefficient (Wildman–Crippen LogP) is 2.30. The van der Waals surface area contributed by atoms with Crippen LogP contribution in [0.4, 0.5) is 0 Å². The fourth-order valence-electron chi connectivity index (χ4n) is 0.945. The Hall–Kier alpha value is -0.190. The van der Waals surface area contributed by atoms with Crippen molar-refractivity contribution < 1.29 is 8.76 Å². The summed E-state index contributed by atoms with van der Waals surface area (Å²) in [5, 5.41) is 0.777. The Morgan fingerprint density at radius 3 is 2.67 bits per heavy atom. The largest absolute Gasteiger partial charge is 0.306 e. The molecule has 0 saturated heterocycles. The van der Waals surface area contributed by atoms with Gasteiger partial charge in [-0.25, -0.2) is 4.21 Å². The van der Waals surface area contributed by atoms with E-state index in [0.29, 0.717) is 0 Å². The number of hydrogen-bond donors (Lipinski definition) is 1. The van der Waals surface area contributed by atoms with Crippen molar-refractivity contribution in [3.05, 3.63) is 35.4 Å². The average molecular weight is 249 g/mol. The molecule has 0 aliphatic heterocycles. The number of hydrogen-bond acceptors (Lipinski definition) is 1. The standard InChI is InChI=1S/C8H9BrO2S/c9-5-7-2-1-3-8(4-7)6-12(10)11/h1-4H,5-6H2,(H,10,11). The number of halogens is 1. The van der Waals surface area contributed by atoms with Gasteiger partial charge < -0.3 is 4.55 Å². The second kappa shape index (κ2) is 4.74. The second-order valence-corrected chi connectivity index (χ2v) is 3.91. The first kappa shape index (κ1) is 9.89. The molecule has 0 heterocycles. The minimum atomic E-state index is -1.74.